The van der Waals surface area contributed by atoms with Gasteiger partial charge in [0.25, 0.3) is 0 Å². The molecule has 2 aromatic heterocycles. The Kier molecular flexibility index (Phi) is 5.15. The van der Waals surface area contributed by atoms with Gasteiger partial charge in [-0.15, -0.1) is 0 Å². The van der Waals surface area contributed by atoms with Gasteiger partial charge in [-0.2, -0.15) is 0 Å². The molecule has 0 saturated carbocycles. The van der Waals surface area contributed by atoms with Crippen molar-refractivity contribution in [2.24, 2.45) is 0 Å². The zero-order valence-electron chi connectivity index (χ0n) is 13.8. The second-order valence-corrected chi connectivity index (χ2v) is 7.48. The molecule has 128 valence electrons. The minimum atomic E-state index is 0.383. The third-order valence-electron chi connectivity index (χ3n) is 3.74. The number of nitrogens with zero attached hydrogens (tertiary/aromatic N) is 7. The minimum absolute atomic E-state index is 0.383. The van der Waals surface area contributed by atoms with E-state index in [0.717, 1.165) is 28.0 Å². The molecule has 0 aliphatic heterocycles. The Morgan fingerprint density at radius 1 is 0.885 bits per heavy atom. The first kappa shape index (κ1) is 17.0. The molecule has 10 heteroatoms. The molecule has 0 fully saturated rings. The Morgan fingerprint density at radius 2 is 1.77 bits per heavy atom. The van der Waals surface area contributed by atoms with E-state index in [1.165, 1.54) is 4.85 Å². The maximum absolute atomic E-state index is 5.72. The Bertz CT molecular complexity index is 1000. The molecule has 4 rings (SSSR count). The van der Waals surface area contributed by atoms with Crippen LogP contribution in [0.3, 0.4) is 0 Å². The quantitative estimate of drug-likeness (QED) is 0.319. The van der Waals surface area contributed by atoms with E-state index in [0.29, 0.717) is 45.9 Å². The fraction of sp³-hybridized carbons (Fsp3) is 0.188. The monoisotopic (exact) mass is 541 g/mol. The molecule has 0 spiro atoms. The van der Waals surface area contributed by atoms with Gasteiger partial charge in [-0.3, -0.25) is 0 Å². The van der Waals surface area contributed by atoms with Gasteiger partial charge in [0.15, 0.2) is 0 Å². The number of rotatable bonds is 7. The van der Waals surface area contributed by atoms with Crippen LogP contribution < -0.4 is 4.84 Å². The number of ether oxygens (including phenoxy) is 1. The number of hydrogen-bond donors (Lipinski definition) is 0. The Balaban J connectivity index is 1.39. The topological polar surface area (TPSA) is 92.8 Å². The van der Waals surface area contributed by atoms with Gasteiger partial charge in [-0.05, 0) is 5.56 Å². The molecular weight excluding hydrogens is 527 g/mol. The van der Waals surface area contributed by atoms with Gasteiger partial charge in [-0.1, -0.05) is 30.3 Å². The van der Waals surface area contributed by atoms with Gasteiger partial charge >= 0.3 is 129 Å². The summed E-state index contributed by atoms with van der Waals surface area (Å²) in [6.45, 7) is 1.26. The van der Waals surface area contributed by atoms with E-state index in [-0.39, 0.29) is 0 Å². The van der Waals surface area contributed by atoms with Crippen LogP contribution in [0.25, 0.3) is 11.0 Å². The summed E-state index contributed by atoms with van der Waals surface area (Å²) in [5, 5.41) is 19.6. The third kappa shape index (κ3) is 3.88. The summed E-state index contributed by atoms with van der Waals surface area (Å²) in [6.07, 6.45) is 0. The van der Waals surface area contributed by atoms with Crippen LogP contribution >= 0.6 is 0 Å². The van der Waals surface area contributed by atoms with Gasteiger partial charge in [0.2, 0.25) is 0 Å². The summed E-state index contributed by atoms with van der Waals surface area (Å²) in [5.74, 6) is 0.747. The van der Waals surface area contributed by atoms with Crippen molar-refractivity contribution in [1.29, 1.82) is 0 Å². The van der Waals surface area contributed by atoms with E-state index in [1.54, 1.807) is 2.49 Å². The Hall–Kier alpha value is -2.41. The van der Waals surface area contributed by atoms with Crippen molar-refractivity contribution in [2.45, 2.75) is 19.8 Å². The predicted octanol–water partition coefficient (Wildman–Crippen LogP) is 0.695. The van der Waals surface area contributed by atoms with Crippen LogP contribution in [0.5, 0.6) is 0 Å². The first-order chi connectivity index (χ1) is 12.8. The van der Waals surface area contributed by atoms with Gasteiger partial charge in [-0.25, -0.2) is 0 Å². The minimum Gasteiger partial charge on any atom is -0.0622 e. The first-order valence-electron chi connectivity index (χ1n) is 7.91. The van der Waals surface area contributed by atoms with E-state index in [2.05, 4.69) is 25.8 Å². The van der Waals surface area contributed by atoms with Crippen LogP contribution in [-0.4, -0.2) is 59.2 Å². The molecule has 0 aliphatic carbocycles. The molecular formula is C16H14N7O2Tl. The number of fused-ring (bicyclic) bond motifs is 1. The third-order valence-corrected chi connectivity index (χ3v) is 5.30. The van der Waals surface area contributed by atoms with Crippen molar-refractivity contribution in [1.82, 2.24) is 33.2 Å². The smallest absolute Gasteiger partial charge is 0.0622 e. The predicted molar refractivity (Wildman–Crippen MR) is 91.7 cm³/mol. The molecule has 0 radical (unpaired) electrons. The van der Waals surface area contributed by atoms with Crippen LogP contribution in [0.15, 0.2) is 48.5 Å². The van der Waals surface area contributed by atoms with Crippen LogP contribution in [0.4, 0.5) is 0 Å². The van der Waals surface area contributed by atoms with E-state index < -0.39 is 0 Å². The summed E-state index contributed by atoms with van der Waals surface area (Å²) in [4.78, 5) is 7.17. The number of hydrogen-bond acceptors (Lipinski definition) is 7. The van der Waals surface area contributed by atoms with Gasteiger partial charge in [0.1, 0.15) is 0 Å². The zero-order valence-corrected chi connectivity index (χ0v) is 18.3. The van der Waals surface area contributed by atoms with Crippen molar-refractivity contribution in [3.63, 3.8) is 0 Å². The van der Waals surface area contributed by atoms with Crippen LogP contribution in [0.2, 0.25) is 0 Å². The summed E-state index contributed by atoms with van der Waals surface area (Å²) in [7, 11) is 0. The van der Waals surface area contributed by atoms with Crippen molar-refractivity contribution < 1.29 is 9.57 Å². The molecule has 0 bridgehead atoms. The molecule has 2 aromatic carbocycles. The SMILES string of the molecule is [Tl][n]1nnnc1COCc1ccc2c(c1)nnn2OCc1ccccc1. The van der Waals surface area contributed by atoms with Crippen molar-refractivity contribution in [3.8, 4) is 0 Å². The van der Waals surface area contributed by atoms with Gasteiger partial charge in [0.05, 0.1) is 0 Å². The fourth-order valence-corrected chi connectivity index (χ4v) is 3.08. The van der Waals surface area contributed by atoms with E-state index in [4.69, 9.17) is 9.57 Å². The zero-order chi connectivity index (χ0) is 17.8. The Morgan fingerprint density at radius 3 is 2.58 bits per heavy atom. The van der Waals surface area contributed by atoms with Crippen molar-refractivity contribution in [2.75, 3.05) is 0 Å². The van der Waals surface area contributed by atoms with Gasteiger partial charge < -0.3 is 0 Å². The molecule has 2 heterocycles. The molecule has 26 heavy (non-hydrogen) atoms. The summed E-state index contributed by atoms with van der Waals surface area (Å²) in [6, 6.07) is 15.8. The average Bonchev–Trinajstić information content (AvgIpc) is 3.27. The summed E-state index contributed by atoms with van der Waals surface area (Å²) < 4.78 is 7.43. The normalized spacial score (nSPS) is 11.0. The maximum atomic E-state index is 5.72. The summed E-state index contributed by atoms with van der Waals surface area (Å²) in [5.41, 5.74) is 3.65. The van der Waals surface area contributed by atoms with Crippen LogP contribution in [0.1, 0.15) is 17.0 Å². The number of benzene rings is 2. The Labute approximate surface area is 165 Å². The average molecular weight is 541 g/mol. The standard InChI is InChI=1S/C16H14N7O2.Tl/c1-2-4-12(5-3-1)10-25-23-15-7-6-13(8-14(15)17-22-23)9-24-11-16-18-20-21-19-16;/h1-8H,9-11H2;/q-1;+1. The second-order valence-electron chi connectivity index (χ2n) is 5.58. The molecule has 0 amide bonds. The van der Waals surface area contributed by atoms with Crippen LogP contribution in [0, 0.1) is 0 Å². The first-order valence-corrected chi connectivity index (χ1v) is 9.92. The van der Waals surface area contributed by atoms with E-state index in [1.807, 2.05) is 48.5 Å². The van der Waals surface area contributed by atoms with E-state index in [9.17, 15) is 0 Å². The van der Waals surface area contributed by atoms with Crippen molar-refractivity contribution >= 4 is 37.1 Å². The number of tetrazole rings is 1. The van der Waals surface area contributed by atoms with E-state index >= 15 is 0 Å². The van der Waals surface area contributed by atoms with Crippen molar-refractivity contribution in [3.05, 3.63) is 65.5 Å². The van der Waals surface area contributed by atoms with Crippen LogP contribution in [-0.2, 0) is 24.6 Å². The molecule has 0 unspecified atom stereocenters. The summed E-state index contributed by atoms with van der Waals surface area (Å²) >= 11 is 0.524. The molecule has 0 N–H and O–H groups in total. The molecule has 0 saturated heterocycles. The number of aromatic nitrogens is 7. The molecule has 0 aliphatic rings. The molecule has 4 aromatic rings. The fourth-order valence-electron chi connectivity index (χ4n) is 2.41. The van der Waals surface area contributed by atoms with Gasteiger partial charge in [0, 0.05) is 0 Å². The molecule has 9 nitrogen and oxygen atoms in total. The second kappa shape index (κ2) is 7.87. The molecule has 0 atom stereocenters.